The fraction of sp³-hybridized carbons (Fsp3) is 0.556. The van der Waals surface area contributed by atoms with Gasteiger partial charge in [-0.2, -0.15) is 0 Å². The fourth-order valence-corrected chi connectivity index (χ4v) is 4.46. The quantitative estimate of drug-likeness (QED) is 0.705. The molecule has 26 heavy (non-hydrogen) atoms. The number of hydrogen-bond acceptors (Lipinski definition) is 4. The molecule has 2 heterocycles. The van der Waals surface area contributed by atoms with E-state index in [-0.39, 0.29) is 29.9 Å². The molecule has 1 aromatic carbocycles. The molecule has 2 fully saturated rings. The van der Waals surface area contributed by atoms with E-state index in [1.807, 2.05) is 16.7 Å². The van der Waals surface area contributed by atoms with Gasteiger partial charge in [0, 0.05) is 24.0 Å². The molecule has 0 radical (unpaired) electrons. The maximum atomic E-state index is 13.1. The summed E-state index contributed by atoms with van der Waals surface area (Å²) in [4.78, 5) is 28.7. The molecule has 0 N–H and O–H groups in total. The lowest BCUT2D eigenvalue weighted by Crippen LogP contribution is -2.47. The van der Waals surface area contributed by atoms with Gasteiger partial charge in [0.25, 0.3) is 0 Å². The van der Waals surface area contributed by atoms with Gasteiger partial charge in [-0.05, 0) is 37.5 Å². The second-order valence-electron chi connectivity index (χ2n) is 6.54. The summed E-state index contributed by atoms with van der Waals surface area (Å²) in [5.41, 5.74) is 0. The van der Waals surface area contributed by atoms with E-state index in [1.165, 1.54) is 23.9 Å². The van der Waals surface area contributed by atoms with E-state index in [0.717, 1.165) is 19.3 Å². The molecular formula is C18H22ClFN2O3S. The number of halogens is 2. The Balaban J connectivity index is 1.47. The molecule has 8 heteroatoms. The van der Waals surface area contributed by atoms with Crippen LogP contribution in [0.5, 0.6) is 0 Å². The van der Waals surface area contributed by atoms with Crippen molar-refractivity contribution in [3.8, 4) is 0 Å². The van der Waals surface area contributed by atoms with Gasteiger partial charge in [0.15, 0.2) is 0 Å². The molecule has 0 saturated carbocycles. The van der Waals surface area contributed by atoms with Crippen molar-refractivity contribution in [1.29, 1.82) is 0 Å². The summed E-state index contributed by atoms with van der Waals surface area (Å²) in [5.74, 6) is -0.0950. The molecule has 5 nitrogen and oxygen atoms in total. The zero-order valence-corrected chi connectivity index (χ0v) is 16.2. The summed E-state index contributed by atoms with van der Waals surface area (Å²) >= 11 is 7.31. The van der Waals surface area contributed by atoms with Crippen LogP contribution >= 0.6 is 23.4 Å². The molecule has 2 amide bonds. The third-order valence-corrected chi connectivity index (χ3v) is 6.34. The van der Waals surface area contributed by atoms with Crippen molar-refractivity contribution in [3.05, 3.63) is 29.0 Å². The van der Waals surface area contributed by atoms with Gasteiger partial charge < -0.3 is 14.5 Å². The van der Waals surface area contributed by atoms with Crippen molar-refractivity contribution in [3.63, 3.8) is 0 Å². The Morgan fingerprint density at radius 1 is 1.38 bits per heavy atom. The number of piperidine rings is 1. The summed E-state index contributed by atoms with van der Waals surface area (Å²) in [5, 5.41) is 0.319. The molecule has 1 aromatic rings. The number of carbonyl (C=O) groups is 2. The lowest BCUT2D eigenvalue weighted by atomic mass is 10.0. The van der Waals surface area contributed by atoms with Crippen LogP contribution < -0.4 is 0 Å². The number of likely N-dealkylation sites (tertiary alicyclic amines) is 1. The summed E-state index contributed by atoms with van der Waals surface area (Å²) in [6.07, 6.45) is 2.10. The molecule has 3 rings (SSSR count). The lowest BCUT2D eigenvalue weighted by Gasteiger charge is -2.35. The van der Waals surface area contributed by atoms with Crippen molar-refractivity contribution in [2.24, 2.45) is 0 Å². The van der Waals surface area contributed by atoms with Gasteiger partial charge in [-0.1, -0.05) is 18.5 Å². The topological polar surface area (TPSA) is 49.9 Å². The Morgan fingerprint density at radius 3 is 2.73 bits per heavy atom. The Hall–Kier alpha value is -1.47. The number of rotatable bonds is 5. The van der Waals surface area contributed by atoms with E-state index in [4.69, 9.17) is 16.3 Å². The monoisotopic (exact) mass is 400 g/mol. The molecule has 0 aliphatic carbocycles. The largest absolute Gasteiger partial charge is 0.444 e. The highest BCUT2D eigenvalue weighted by Crippen LogP contribution is 2.29. The highest BCUT2D eigenvalue weighted by molar-refractivity contribution is 8.00. The average Bonchev–Trinajstić information content (AvgIpc) is 3.02. The first kappa shape index (κ1) is 19.3. The maximum absolute atomic E-state index is 13.1. The number of ether oxygens (including phenoxy) is 1. The SMILES string of the molecule is CCC1CN(C2CCN(C(=O)CSc3ccc(F)cc3Cl)CC2)C(=O)O1. The number of carbonyl (C=O) groups excluding carboxylic acids is 2. The van der Waals surface area contributed by atoms with Crippen LogP contribution in [0.25, 0.3) is 0 Å². The van der Waals surface area contributed by atoms with Crippen LogP contribution in [0.1, 0.15) is 26.2 Å². The van der Waals surface area contributed by atoms with Crippen LogP contribution in [0.15, 0.2) is 23.1 Å². The van der Waals surface area contributed by atoms with Crippen LogP contribution in [0.2, 0.25) is 5.02 Å². The van der Waals surface area contributed by atoms with Gasteiger partial charge in [-0.15, -0.1) is 11.8 Å². The van der Waals surface area contributed by atoms with Crippen LogP contribution in [0, 0.1) is 5.82 Å². The van der Waals surface area contributed by atoms with E-state index in [2.05, 4.69) is 0 Å². The molecule has 2 saturated heterocycles. The smallest absolute Gasteiger partial charge is 0.410 e. The number of thioether (sulfide) groups is 1. The van der Waals surface area contributed by atoms with E-state index < -0.39 is 5.82 Å². The third kappa shape index (κ3) is 4.43. The fourth-order valence-electron chi connectivity index (χ4n) is 3.30. The zero-order valence-electron chi connectivity index (χ0n) is 14.6. The Kier molecular flexibility index (Phi) is 6.29. The molecule has 0 aromatic heterocycles. The van der Waals surface area contributed by atoms with Crippen molar-refractivity contribution < 1.29 is 18.7 Å². The van der Waals surface area contributed by atoms with E-state index in [0.29, 0.717) is 29.6 Å². The molecule has 0 spiro atoms. The van der Waals surface area contributed by atoms with Crippen LogP contribution in [0.3, 0.4) is 0 Å². The summed E-state index contributed by atoms with van der Waals surface area (Å²) in [6.45, 7) is 3.91. The Labute approximate surface area is 161 Å². The standard InChI is InChI=1S/C18H22ClFN2O3S/c1-2-14-10-22(18(24)25-14)13-5-7-21(8-6-13)17(23)11-26-16-4-3-12(20)9-15(16)19/h3-4,9,13-14H,2,5-8,10-11H2,1H3. The minimum Gasteiger partial charge on any atom is -0.444 e. The van der Waals surface area contributed by atoms with Gasteiger partial charge >= 0.3 is 6.09 Å². The minimum atomic E-state index is -0.390. The Bertz CT molecular complexity index is 682. The van der Waals surface area contributed by atoms with E-state index >= 15 is 0 Å². The highest BCUT2D eigenvalue weighted by atomic mass is 35.5. The van der Waals surface area contributed by atoms with Gasteiger partial charge in [0.2, 0.25) is 5.91 Å². The number of amides is 2. The predicted octanol–water partition coefficient (Wildman–Crippen LogP) is 3.79. The second-order valence-corrected chi connectivity index (χ2v) is 7.97. The second kappa shape index (κ2) is 8.48. The Morgan fingerprint density at radius 2 is 2.12 bits per heavy atom. The summed E-state index contributed by atoms with van der Waals surface area (Å²) < 4.78 is 18.4. The predicted molar refractivity (Wildman–Crippen MR) is 99.0 cm³/mol. The third-order valence-electron chi connectivity index (χ3n) is 4.86. The molecular weight excluding hydrogens is 379 g/mol. The first-order valence-corrected chi connectivity index (χ1v) is 10.2. The zero-order chi connectivity index (χ0) is 18.7. The van der Waals surface area contributed by atoms with Gasteiger partial charge in [0.05, 0.1) is 17.3 Å². The van der Waals surface area contributed by atoms with Gasteiger partial charge in [-0.3, -0.25) is 4.79 Å². The van der Waals surface area contributed by atoms with Crippen molar-refractivity contribution in [2.75, 3.05) is 25.4 Å². The molecule has 1 atom stereocenters. The summed E-state index contributed by atoms with van der Waals surface area (Å²) in [6, 6.07) is 4.31. The number of cyclic esters (lactones) is 1. The first-order valence-electron chi connectivity index (χ1n) is 8.80. The van der Waals surface area contributed by atoms with Crippen LogP contribution in [-0.4, -0.2) is 59.3 Å². The van der Waals surface area contributed by atoms with Crippen molar-refractivity contribution >= 4 is 35.4 Å². The highest BCUT2D eigenvalue weighted by Gasteiger charge is 2.37. The average molecular weight is 401 g/mol. The van der Waals surface area contributed by atoms with Crippen molar-refractivity contribution in [2.45, 2.75) is 43.2 Å². The van der Waals surface area contributed by atoms with Crippen LogP contribution in [-0.2, 0) is 9.53 Å². The maximum Gasteiger partial charge on any atom is 0.410 e. The first-order chi connectivity index (χ1) is 12.5. The molecule has 0 bridgehead atoms. The number of benzene rings is 1. The lowest BCUT2D eigenvalue weighted by molar-refractivity contribution is -0.129. The molecule has 142 valence electrons. The van der Waals surface area contributed by atoms with Gasteiger partial charge in [0.1, 0.15) is 11.9 Å². The number of nitrogens with zero attached hydrogens (tertiary/aromatic N) is 2. The minimum absolute atomic E-state index is 0.0148. The summed E-state index contributed by atoms with van der Waals surface area (Å²) in [7, 11) is 0. The number of hydrogen-bond donors (Lipinski definition) is 0. The molecule has 2 aliphatic heterocycles. The van der Waals surface area contributed by atoms with E-state index in [1.54, 1.807) is 6.07 Å². The molecule has 2 aliphatic rings. The van der Waals surface area contributed by atoms with Crippen LogP contribution in [0.4, 0.5) is 9.18 Å². The molecule has 1 unspecified atom stereocenters. The normalized spacial score (nSPS) is 21.2. The van der Waals surface area contributed by atoms with Gasteiger partial charge in [-0.25, -0.2) is 9.18 Å². The van der Waals surface area contributed by atoms with E-state index in [9.17, 15) is 14.0 Å². The van der Waals surface area contributed by atoms with Crippen molar-refractivity contribution in [1.82, 2.24) is 9.80 Å².